The zero-order chi connectivity index (χ0) is 20.2. The molecule has 29 heavy (non-hydrogen) atoms. The highest BCUT2D eigenvalue weighted by Gasteiger charge is 2.14. The predicted molar refractivity (Wildman–Crippen MR) is 104 cm³/mol. The van der Waals surface area contributed by atoms with Crippen molar-refractivity contribution < 1.29 is 18.7 Å². The molecular weight excluding hydrogens is 375 g/mol. The number of hydrogen-bond donors (Lipinski definition) is 2. The summed E-state index contributed by atoms with van der Waals surface area (Å²) in [6.45, 7) is 2.74. The number of aromatic nitrogens is 2. The number of ether oxygens (including phenoxy) is 2. The number of amides is 1. The standard InChI is InChI=1S/C21H19FN4O3/c1-13-25-17(21(27)24-10-14-2-5-16(22)6-3-14)9-20(26-13)23-11-15-4-7-18-19(8-15)29-12-28-18/h2-9H,10-12H2,1H3,(H,24,27)(H,23,25,26). The molecule has 2 aromatic carbocycles. The molecule has 1 aliphatic rings. The zero-order valence-corrected chi connectivity index (χ0v) is 15.7. The summed E-state index contributed by atoms with van der Waals surface area (Å²) in [6.07, 6.45) is 0. The van der Waals surface area contributed by atoms with Crippen LogP contribution in [0.1, 0.15) is 27.4 Å². The summed E-state index contributed by atoms with van der Waals surface area (Å²) in [7, 11) is 0. The van der Waals surface area contributed by atoms with E-state index in [1.54, 1.807) is 25.1 Å². The Labute approximate surface area is 166 Å². The molecule has 0 aliphatic carbocycles. The molecule has 0 spiro atoms. The van der Waals surface area contributed by atoms with Crippen LogP contribution in [0, 0.1) is 12.7 Å². The molecule has 0 unspecified atom stereocenters. The van der Waals surface area contributed by atoms with E-state index in [0.717, 1.165) is 16.9 Å². The van der Waals surface area contributed by atoms with Crippen LogP contribution in [-0.2, 0) is 13.1 Å². The second-order valence-electron chi connectivity index (χ2n) is 6.54. The molecule has 0 radical (unpaired) electrons. The normalized spacial score (nSPS) is 11.9. The fourth-order valence-electron chi connectivity index (χ4n) is 2.89. The van der Waals surface area contributed by atoms with Crippen LogP contribution in [0.25, 0.3) is 0 Å². The second kappa shape index (κ2) is 8.14. The molecule has 0 fully saturated rings. The summed E-state index contributed by atoms with van der Waals surface area (Å²) in [5, 5.41) is 5.98. The fourth-order valence-corrected chi connectivity index (χ4v) is 2.89. The summed E-state index contributed by atoms with van der Waals surface area (Å²) >= 11 is 0. The summed E-state index contributed by atoms with van der Waals surface area (Å²) in [6, 6.07) is 13.3. The Bertz CT molecular complexity index is 1040. The molecule has 3 aromatic rings. The van der Waals surface area contributed by atoms with Gasteiger partial charge in [0.1, 0.15) is 23.2 Å². The fraction of sp³-hybridized carbons (Fsp3) is 0.190. The van der Waals surface area contributed by atoms with Gasteiger partial charge < -0.3 is 20.1 Å². The average Bonchev–Trinajstić information content (AvgIpc) is 3.19. The van der Waals surface area contributed by atoms with Crippen molar-refractivity contribution in [3.63, 3.8) is 0 Å². The number of anilines is 1. The highest BCUT2D eigenvalue weighted by Crippen LogP contribution is 2.32. The summed E-state index contributed by atoms with van der Waals surface area (Å²) in [5.74, 6) is 1.82. The van der Waals surface area contributed by atoms with E-state index in [4.69, 9.17) is 9.47 Å². The van der Waals surface area contributed by atoms with Crippen LogP contribution in [0.4, 0.5) is 10.2 Å². The first-order valence-corrected chi connectivity index (χ1v) is 9.07. The van der Waals surface area contributed by atoms with Gasteiger partial charge in [-0.1, -0.05) is 18.2 Å². The van der Waals surface area contributed by atoms with E-state index in [0.29, 0.717) is 23.9 Å². The Morgan fingerprint density at radius 3 is 2.59 bits per heavy atom. The molecular formula is C21H19FN4O3. The topological polar surface area (TPSA) is 85.4 Å². The Morgan fingerprint density at radius 1 is 1.00 bits per heavy atom. The van der Waals surface area contributed by atoms with Gasteiger partial charge >= 0.3 is 0 Å². The summed E-state index contributed by atoms with van der Waals surface area (Å²) in [5.41, 5.74) is 2.05. The smallest absolute Gasteiger partial charge is 0.270 e. The van der Waals surface area contributed by atoms with Crippen molar-refractivity contribution >= 4 is 11.7 Å². The van der Waals surface area contributed by atoms with Gasteiger partial charge in [-0.15, -0.1) is 0 Å². The van der Waals surface area contributed by atoms with Gasteiger partial charge in [-0.05, 0) is 42.3 Å². The maximum absolute atomic E-state index is 13.0. The van der Waals surface area contributed by atoms with Crippen molar-refractivity contribution in [1.82, 2.24) is 15.3 Å². The molecule has 2 heterocycles. The first-order valence-electron chi connectivity index (χ1n) is 9.07. The number of fused-ring (bicyclic) bond motifs is 1. The lowest BCUT2D eigenvalue weighted by Gasteiger charge is -2.10. The number of benzene rings is 2. The minimum absolute atomic E-state index is 0.230. The van der Waals surface area contributed by atoms with Crippen LogP contribution in [0.5, 0.6) is 11.5 Å². The van der Waals surface area contributed by atoms with Gasteiger partial charge in [-0.3, -0.25) is 4.79 Å². The Kier molecular flexibility index (Phi) is 5.24. The number of rotatable bonds is 6. The van der Waals surface area contributed by atoms with Gasteiger partial charge in [0.2, 0.25) is 6.79 Å². The van der Waals surface area contributed by atoms with E-state index in [1.165, 1.54) is 12.1 Å². The molecule has 1 aliphatic heterocycles. The molecule has 148 valence electrons. The van der Waals surface area contributed by atoms with Gasteiger partial charge in [-0.25, -0.2) is 14.4 Å². The van der Waals surface area contributed by atoms with Crippen LogP contribution >= 0.6 is 0 Å². The maximum atomic E-state index is 13.0. The van der Waals surface area contributed by atoms with Crippen molar-refractivity contribution in [2.45, 2.75) is 20.0 Å². The van der Waals surface area contributed by atoms with Gasteiger partial charge in [0.15, 0.2) is 11.5 Å². The number of carbonyl (C=O) groups excluding carboxylic acids is 1. The monoisotopic (exact) mass is 394 g/mol. The first-order chi connectivity index (χ1) is 14.1. The third-order valence-corrected chi connectivity index (χ3v) is 4.35. The molecule has 0 atom stereocenters. The van der Waals surface area contributed by atoms with Crippen molar-refractivity contribution in [3.8, 4) is 11.5 Å². The highest BCUT2D eigenvalue weighted by atomic mass is 19.1. The Hall–Kier alpha value is -3.68. The second-order valence-corrected chi connectivity index (χ2v) is 6.54. The highest BCUT2D eigenvalue weighted by molar-refractivity contribution is 5.92. The minimum atomic E-state index is -0.328. The lowest BCUT2D eigenvalue weighted by atomic mass is 10.2. The lowest BCUT2D eigenvalue weighted by Crippen LogP contribution is -2.24. The van der Waals surface area contributed by atoms with E-state index in [1.807, 2.05) is 18.2 Å². The first kappa shape index (κ1) is 18.7. The number of aryl methyl sites for hydroxylation is 1. The molecule has 0 saturated heterocycles. The number of nitrogens with zero attached hydrogens (tertiary/aromatic N) is 2. The molecule has 1 aromatic heterocycles. The Morgan fingerprint density at radius 2 is 1.76 bits per heavy atom. The third kappa shape index (κ3) is 4.60. The average molecular weight is 394 g/mol. The summed E-state index contributed by atoms with van der Waals surface area (Å²) < 4.78 is 23.7. The number of nitrogens with one attached hydrogen (secondary N) is 2. The SMILES string of the molecule is Cc1nc(NCc2ccc3c(c2)OCO3)cc(C(=O)NCc2ccc(F)cc2)n1. The number of carbonyl (C=O) groups is 1. The van der Waals surface area contributed by atoms with Gasteiger partial charge in [0.25, 0.3) is 5.91 Å². The van der Waals surface area contributed by atoms with Crippen LogP contribution in [0.3, 0.4) is 0 Å². The zero-order valence-electron chi connectivity index (χ0n) is 15.7. The molecule has 0 bridgehead atoms. The third-order valence-electron chi connectivity index (χ3n) is 4.35. The van der Waals surface area contributed by atoms with Gasteiger partial charge in [0, 0.05) is 19.2 Å². The van der Waals surface area contributed by atoms with Crippen molar-refractivity contribution in [2.75, 3.05) is 12.1 Å². The number of hydrogen-bond acceptors (Lipinski definition) is 6. The van der Waals surface area contributed by atoms with Crippen LogP contribution in [-0.4, -0.2) is 22.7 Å². The summed E-state index contributed by atoms with van der Waals surface area (Å²) in [4.78, 5) is 21.0. The molecule has 1 amide bonds. The quantitative estimate of drug-likeness (QED) is 0.668. The van der Waals surface area contributed by atoms with E-state index in [-0.39, 0.29) is 30.8 Å². The molecule has 0 saturated carbocycles. The maximum Gasteiger partial charge on any atom is 0.270 e. The molecule has 8 heteroatoms. The van der Waals surface area contributed by atoms with E-state index >= 15 is 0 Å². The number of halogens is 1. The van der Waals surface area contributed by atoms with Crippen LogP contribution < -0.4 is 20.1 Å². The van der Waals surface area contributed by atoms with Crippen LogP contribution in [0.15, 0.2) is 48.5 Å². The largest absolute Gasteiger partial charge is 0.454 e. The van der Waals surface area contributed by atoms with E-state index in [9.17, 15) is 9.18 Å². The van der Waals surface area contributed by atoms with Crippen LogP contribution in [0.2, 0.25) is 0 Å². The van der Waals surface area contributed by atoms with E-state index < -0.39 is 0 Å². The van der Waals surface area contributed by atoms with Gasteiger partial charge in [-0.2, -0.15) is 0 Å². The van der Waals surface area contributed by atoms with Gasteiger partial charge in [0.05, 0.1) is 0 Å². The minimum Gasteiger partial charge on any atom is -0.454 e. The van der Waals surface area contributed by atoms with Crippen molar-refractivity contribution in [1.29, 1.82) is 0 Å². The lowest BCUT2D eigenvalue weighted by molar-refractivity contribution is 0.0945. The molecule has 7 nitrogen and oxygen atoms in total. The predicted octanol–water partition coefficient (Wildman–Crippen LogP) is 3.19. The van der Waals surface area contributed by atoms with Crippen molar-refractivity contribution in [2.24, 2.45) is 0 Å². The van der Waals surface area contributed by atoms with E-state index in [2.05, 4.69) is 20.6 Å². The Balaban J connectivity index is 1.40. The van der Waals surface area contributed by atoms with Crippen molar-refractivity contribution in [3.05, 3.63) is 77.0 Å². The molecule has 4 rings (SSSR count). The molecule has 2 N–H and O–H groups in total.